The Morgan fingerprint density at radius 3 is 0.753 bits per heavy atom. The molecule has 1 atom stereocenters. The van der Waals surface area contributed by atoms with E-state index in [1.54, 1.807) is 0 Å². The second kappa shape index (κ2) is 69.3. The summed E-state index contributed by atoms with van der Waals surface area (Å²) in [7, 11) is 0. The smallest absolute Gasteiger partial charge is 0.306 e. The van der Waals surface area contributed by atoms with Gasteiger partial charge in [0.05, 0.1) is 0 Å². The molecular weight excluding hydrogens is 997 g/mol. The molecule has 0 aliphatic rings. The zero-order valence-corrected chi connectivity index (χ0v) is 54.1. The van der Waals surface area contributed by atoms with Crippen molar-refractivity contribution in [3.05, 3.63) is 72.9 Å². The van der Waals surface area contributed by atoms with Gasteiger partial charge < -0.3 is 14.2 Å². The molecule has 1 unspecified atom stereocenters. The van der Waals surface area contributed by atoms with Gasteiger partial charge in [-0.1, -0.05) is 351 Å². The van der Waals surface area contributed by atoms with Crippen LogP contribution in [0.25, 0.3) is 0 Å². The number of carbonyl (C=O) groups excluding carboxylic acids is 3. The zero-order chi connectivity index (χ0) is 58.5. The molecule has 0 aromatic carbocycles. The molecule has 0 saturated carbocycles. The summed E-state index contributed by atoms with van der Waals surface area (Å²) in [4.78, 5) is 38.5. The third kappa shape index (κ3) is 67.5. The highest BCUT2D eigenvalue weighted by molar-refractivity contribution is 5.71. The van der Waals surface area contributed by atoms with Gasteiger partial charge in [-0.25, -0.2) is 0 Å². The molecule has 6 heteroatoms. The Morgan fingerprint density at radius 2 is 0.481 bits per heavy atom. The fourth-order valence-electron chi connectivity index (χ4n) is 10.5. The molecule has 6 nitrogen and oxygen atoms in total. The first-order valence-electron chi connectivity index (χ1n) is 35.4. The minimum atomic E-state index is -0.775. The monoisotopic (exact) mass is 1130 g/mol. The van der Waals surface area contributed by atoms with Crippen molar-refractivity contribution >= 4 is 17.9 Å². The van der Waals surface area contributed by atoms with E-state index < -0.39 is 6.10 Å². The quantitative estimate of drug-likeness (QED) is 0.0261. The number of hydrogen-bond donors (Lipinski definition) is 0. The lowest BCUT2D eigenvalue weighted by atomic mass is 10.0. The predicted molar refractivity (Wildman–Crippen MR) is 353 cm³/mol. The predicted octanol–water partition coefficient (Wildman–Crippen LogP) is 24.4. The minimum Gasteiger partial charge on any atom is -0.462 e. The molecule has 0 aliphatic heterocycles. The molecule has 0 aromatic heterocycles. The fraction of sp³-hybridized carbons (Fsp3) is 0.800. The van der Waals surface area contributed by atoms with E-state index in [1.807, 2.05) is 0 Å². The van der Waals surface area contributed by atoms with Crippen LogP contribution in [0.15, 0.2) is 72.9 Å². The maximum atomic E-state index is 13.0. The van der Waals surface area contributed by atoms with Crippen molar-refractivity contribution in [2.45, 2.75) is 374 Å². The Balaban J connectivity index is 4.28. The van der Waals surface area contributed by atoms with Crippen molar-refractivity contribution in [1.82, 2.24) is 0 Å². The lowest BCUT2D eigenvalue weighted by Crippen LogP contribution is -2.30. The van der Waals surface area contributed by atoms with Crippen LogP contribution < -0.4 is 0 Å². The molecule has 81 heavy (non-hydrogen) atoms. The molecule has 0 N–H and O–H groups in total. The van der Waals surface area contributed by atoms with Gasteiger partial charge >= 0.3 is 17.9 Å². The number of unbranched alkanes of at least 4 members (excludes halogenated alkanes) is 42. The summed E-state index contributed by atoms with van der Waals surface area (Å²) in [5.41, 5.74) is 0. The van der Waals surface area contributed by atoms with E-state index in [0.29, 0.717) is 19.3 Å². The highest BCUT2D eigenvalue weighted by Crippen LogP contribution is 2.18. The number of rotatable bonds is 65. The highest BCUT2D eigenvalue weighted by Gasteiger charge is 2.19. The van der Waals surface area contributed by atoms with Crippen LogP contribution in [-0.4, -0.2) is 37.2 Å². The van der Waals surface area contributed by atoms with Crippen molar-refractivity contribution in [3.8, 4) is 0 Å². The summed E-state index contributed by atoms with van der Waals surface area (Å²) in [6, 6.07) is 0. The van der Waals surface area contributed by atoms with Crippen LogP contribution >= 0.6 is 0 Å². The summed E-state index contributed by atoms with van der Waals surface area (Å²) in [6.45, 7) is 6.59. The summed E-state index contributed by atoms with van der Waals surface area (Å²) < 4.78 is 17.0. The van der Waals surface area contributed by atoms with E-state index in [0.717, 1.165) is 96.3 Å². The average Bonchev–Trinajstić information content (AvgIpc) is 3.47. The van der Waals surface area contributed by atoms with Crippen LogP contribution in [0.4, 0.5) is 0 Å². The molecule has 0 saturated heterocycles. The first-order chi connectivity index (χ1) is 40.0. The van der Waals surface area contributed by atoms with Crippen molar-refractivity contribution in [2.75, 3.05) is 13.2 Å². The molecule has 0 heterocycles. The summed E-state index contributed by atoms with van der Waals surface area (Å²) in [6.07, 6.45) is 90.6. The first kappa shape index (κ1) is 77.9. The van der Waals surface area contributed by atoms with Gasteiger partial charge in [-0.05, 0) is 70.6 Å². The maximum Gasteiger partial charge on any atom is 0.306 e. The average molecular weight is 1130 g/mol. The van der Waals surface area contributed by atoms with Crippen LogP contribution in [0, 0.1) is 0 Å². The Kier molecular flexibility index (Phi) is 66.6. The standard InChI is InChI=1S/C75H134O6/c1-4-7-10-13-16-19-22-25-28-31-33-34-35-36-37-38-39-40-41-42-43-45-47-50-53-56-59-62-65-68-74(77)80-71-72(70-79-73(76)67-64-61-58-55-52-49-46-30-27-24-21-18-15-12-9-6-3)81-75(78)69-66-63-60-57-54-51-48-44-32-29-26-23-20-17-14-11-8-5-2/h7,10,16,19,25,28,33-34,36-37,39-40,72H,4-6,8-9,11-15,17-18,20-24,26-27,29-32,35,38,41-71H2,1-3H3/b10-7-,19-16-,28-25-,34-33-,37-36-,40-39-. The second-order valence-electron chi connectivity index (χ2n) is 23.8. The normalized spacial score (nSPS) is 12.5. The Labute approximate surface area is 503 Å². The van der Waals surface area contributed by atoms with E-state index in [4.69, 9.17) is 14.2 Å². The molecule has 0 spiro atoms. The number of hydrogen-bond acceptors (Lipinski definition) is 6. The molecule has 0 amide bonds. The van der Waals surface area contributed by atoms with Gasteiger partial charge in [0.25, 0.3) is 0 Å². The lowest BCUT2D eigenvalue weighted by molar-refractivity contribution is -0.167. The molecule has 0 bridgehead atoms. The van der Waals surface area contributed by atoms with Gasteiger partial charge in [0.1, 0.15) is 13.2 Å². The summed E-state index contributed by atoms with van der Waals surface area (Å²) in [5.74, 6) is -0.849. The Bertz CT molecular complexity index is 1490. The van der Waals surface area contributed by atoms with E-state index in [2.05, 4.69) is 93.7 Å². The van der Waals surface area contributed by atoms with Gasteiger partial charge in [-0.3, -0.25) is 14.4 Å². The number of carbonyl (C=O) groups is 3. The molecular formula is C75H134O6. The topological polar surface area (TPSA) is 78.9 Å². The Hall–Kier alpha value is -3.15. The van der Waals surface area contributed by atoms with Crippen molar-refractivity contribution < 1.29 is 28.6 Å². The number of allylic oxidation sites excluding steroid dienone is 12. The third-order valence-corrected chi connectivity index (χ3v) is 15.7. The van der Waals surface area contributed by atoms with E-state index in [-0.39, 0.29) is 31.1 Å². The maximum absolute atomic E-state index is 13.0. The molecule has 0 rings (SSSR count). The minimum absolute atomic E-state index is 0.0701. The van der Waals surface area contributed by atoms with Gasteiger partial charge in [-0.2, -0.15) is 0 Å². The molecule has 0 aromatic rings. The largest absolute Gasteiger partial charge is 0.462 e. The molecule has 470 valence electrons. The molecule has 0 fully saturated rings. The number of esters is 3. The van der Waals surface area contributed by atoms with E-state index in [9.17, 15) is 14.4 Å². The number of ether oxygens (including phenoxy) is 3. The van der Waals surface area contributed by atoms with Crippen LogP contribution in [0.2, 0.25) is 0 Å². The van der Waals surface area contributed by atoms with Crippen LogP contribution in [0.5, 0.6) is 0 Å². The summed E-state index contributed by atoms with van der Waals surface area (Å²) in [5, 5.41) is 0. The van der Waals surface area contributed by atoms with Crippen molar-refractivity contribution in [2.24, 2.45) is 0 Å². The van der Waals surface area contributed by atoms with Gasteiger partial charge in [0.15, 0.2) is 6.10 Å². The Morgan fingerprint density at radius 1 is 0.259 bits per heavy atom. The third-order valence-electron chi connectivity index (χ3n) is 15.7. The first-order valence-corrected chi connectivity index (χ1v) is 35.4. The lowest BCUT2D eigenvalue weighted by Gasteiger charge is -2.18. The van der Waals surface area contributed by atoms with Crippen molar-refractivity contribution in [1.29, 1.82) is 0 Å². The molecule has 0 aliphatic carbocycles. The van der Waals surface area contributed by atoms with Gasteiger partial charge in [-0.15, -0.1) is 0 Å². The van der Waals surface area contributed by atoms with Gasteiger partial charge in [0, 0.05) is 19.3 Å². The van der Waals surface area contributed by atoms with E-state index in [1.165, 1.54) is 231 Å². The van der Waals surface area contributed by atoms with Gasteiger partial charge in [0.2, 0.25) is 0 Å². The van der Waals surface area contributed by atoms with Crippen LogP contribution in [0.1, 0.15) is 367 Å². The van der Waals surface area contributed by atoms with E-state index >= 15 is 0 Å². The second-order valence-corrected chi connectivity index (χ2v) is 23.8. The van der Waals surface area contributed by atoms with Crippen LogP contribution in [0.3, 0.4) is 0 Å². The zero-order valence-electron chi connectivity index (χ0n) is 54.1. The molecule has 0 radical (unpaired) electrons. The van der Waals surface area contributed by atoms with Crippen molar-refractivity contribution in [3.63, 3.8) is 0 Å². The van der Waals surface area contributed by atoms with Crippen LogP contribution in [-0.2, 0) is 28.6 Å². The fourth-order valence-corrected chi connectivity index (χ4v) is 10.5. The SMILES string of the molecule is CC/C=C\C/C=C\C/C=C\C/C=C\C/C=C\C/C=C\CCCCCCCCCCCCC(=O)OCC(COC(=O)CCCCCCCCCCCCCCCCCC)OC(=O)CCCCCCCCCCCCCCCCCCCC. The summed E-state index contributed by atoms with van der Waals surface area (Å²) >= 11 is 0. The highest BCUT2D eigenvalue weighted by atomic mass is 16.6.